The third kappa shape index (κ3) is 4.73. The van der Waals surface area contributed by atoms with Crippen molar-refractivity contribution in [2.75, 3.05) is 19.6 Å². The SMILES string of the molecule is CC(C)N(CCCC(=O)O)C(=O)N1CCC(C)(C)C1. The van der Waals surface area contributed by atoms with E-state index in [1.54, 1.807) is 4.90 Å². The van der Waals surface area contributed by atoms with E-state index in [9.17, 15) is 9.59 Å². The molecule has 110 valence electrons. The van der Waals surface area contributed by atoms with E-state index in [0.29, 0.717) is 13.0 Å². The lowest BCUT2D eigenvalue weighted by atomic mass is 9.93. The number of carboxylic acid groups (broad SMARTS) is 1. The zero-order valence-electron chi connectivity index (χ0n) is 12.5. The van der Waals surface area contributed by atoms with Gasteiger partial charge >= 0.3 is 12.0 Å². The van der Waals surface area contributed by atoms with Crippen molar-refractivity contribution in [1.82, 2.24) is 9.80 Å². The predicted molar refractivity (Wildman–Crippen MR) is 74.1 cm³/mol. The van der Waals surface area contributed by atoms with Crippen molar-refractivity contribution in [3.05, 3.63) is 0 Å². The van der Waals surface area contributed by atoms with Crippen LogP contribution < -0.4 is 0 Å². The molecule has 1 fully saturated rings. The van der Waals surface area contributed by atoms with Crippen LogP contribution in [0.15, 0.2) is 0 Å². The molecule has 5 nitrogen and oxygen atoms in total. The van der Waals surface area contributed by atoms with Crippen LogP contribution in [0.2, 0.25) is 0 Å². The Morgan fingerprint density at radius 1 is 1.37 bits per heavy atom. The van der Waals surface area contributed by atoms with E-state index in [1.165, 1.54) is 0 Å². The minimum absolute atomic E-state index is 0.0472. The summed E-state index contributed by atoms with van der Waals surface area (Å²) in [5, 5.41) is 8.67. The monoisotopic (exact) mass is 270 g/mol. The average molecular weight is 270 g/mol. The molecule has 1 heterocycles. The average Bonchev–Trinajstić information content (AvgIpc) is 2.63. The number of carbonyl (C=O) groups excluding carboxylic acids is 1. The molecule has 1 aliphatic rings. The molecule has 1 N–H and O–H groups in total. The molecule has 1 aliphatic heterocycles. The van der Waals surface area contributed by atoms with Gasteiger partial charge in [0.25, 0.3) is 0 Å². The number of carbonyl (C=O) groups is 2. The van der Waals surface area contributed by atoms with Gasteiger partial charge in [-0.1, -0.05) is 13.8 Å². The van der Waals surface area contributed by atoms with Crippen LogP contribution in [0.25, 0.3) is 0 Å². The van der Waals surface area contributed by atoms with Crippen molar-refractivity contribution in [3.8, 4) is 0 Å². The molecule has 0 aromatic carbocycles. The summed E-state index contributed by atoms with van der Waals surface area (Å²) in [5.41, 5.74) is 0.194. The molecule has 0 spiro atoms. The molecule has 19 heavy (non-hydrogen) atoms. The minimum Gasteiger partial charge on any atom is -0.481 e. The Balaban J connectivity index is 2.56. The molecule has 2 amide bonds. The van der Waals surface area contributed by atoms with Crippen molar-refractivity contribution in [2.45, 2.75) is 53.0 Å². The van der Waals surface area contributed by atoms with Gasteiger partial charge in [0.15, 0.2) is 0 Å². The predicted octanol–water partition coefficient (Wildman–Crippen LogP) is 2.41. The molecule has 1 rings (SSSR count). The topological polar surface area (TPSA) is 60.9 Å². The summed E-state index contributed by atoms with van der Waals surface area (Å²) >= 11 is 0. The molecule has 0 bridgehead atoms. The summed E-state index contributed by atoms with van der Waals surface area (Å²) in [6.45, 7) is 10.4. The summed E-state index contributed by atoms with van der Waals surface area (Å²) in [6.07, 6.45) is 1.65. The maximum Gasteiger partial charge on any atom is 0.320 e. The first kappa shape index (κ1) is 15.8. The van der Waals surface area contributed by atoms with Crippen LogP contribution >= 0.6 is 0 Å². The van der Waals surface area contributed by atoms with Gasteiger partial charge in [-0.3, -0.25) is 4.79 Å². The van der Waals surface area contributed by atoms with E-state index < -0.39 is 5.97 Å². The first-order chi connectivity index (χ1) is 8.73. The first-order valence-corrected chi connectivity index (χ1v) is 7.00. The molecule has 1 saturated heterocycles. The van der Waals surface area contributed by atoms with Gasteiger partial charge < -0.3 is 14.9 Å². The van der Waals surface area contributed by atoms with Crippen molar-refractivity contribution >= 4 is 12.0 Å². The fraction of sp³-hybridized carbons (Fsp3) is 0.857. The first-order valence-electron chi connectivity index (χ1n) is 7.00. The molecule has 0 atom stereocenters. The number of amides is 2. The standard InChI is InChI=1S/C14H26N2O3/c1-11(2)16(8-5-6-12(17)18)13(19)15-9-7-14(3,4)10-15/h11H,5-10H2,1-4H3,(H,17,18). The lowest BCUT2D eigenvalue weighted by molar-refractivity contribution is -0.137. The number of carboxylic acids is 1. The number of aliphatic carboxylic acids is 1. The quantitative estimate of drug-likeness (QED) is 0.834. The van der Waals surface area contributed by atoms with Gasteiger partial charge in [0, 0.05) is 32.1 Å². The Hall–Kier alpha value is -1.26. The van der Waals surface area contributed by atoms with Crippen molar-refractivity contribution in [1.29, 1.82) is 0 Å². The molecular weight excluding hydrogens is 244 g/mol. The molecule has 0 aromatic rings. The summed E-state index contributed by atoms with van der Waals surface area (Å²) in [5.74, 6) is -0.807. The fourth-order valence-corrected chi connectivity index (χ4v) is 2.43. The summed E-state index contributed by atoms with van der Waals surface area (Å²) in [4.78, 5) is 26.7. The van der Waals surface area contributed by atoms with Gasteiger partial charge in [0.1, 0.15) is 0 Å². The van der Waals surface area contributed by atoms with E-state index in [2.05, 4.69) is 13.8 Å². The van der Waals surface area contributed by atoms with Crippen LogP contribution in [-0.4, -0.2) is 52.6 Å². The summed E-state index contributed by atoms with van der Waals surface area (Å²) in [7, 11) is 0. The number of likely N-dealkylation sites (tertiary alicyclic amines) is 1. The second-order valence-electron chi connectivity index (χ2n) is 6.40. The minimum atomic E-state index is -0.807. The normalized spacial score (nSPS) is 17.8. The second-order valence-corrected chi connectivity index (χ2v) is 6.40. The molecule has 0 radical (unpaired) electrons. The van der Waals surface area contributed by atoms with Crippen molar-refractivity contribution in [2.24, 2.45) is 5.41 Å². The molecule has 0 unspecified atom stereocenters. The van der Waals surface area contributed by atoms with Crippen molar-refractivity contribution < 1.29 is 14.7 Å². The number of urea groups is 1. The highest BCUT2D eigenvalue weighted by molar-refractivity contribution is 5.75. The highest BCUT2D eigenvalue weighted by Gasteiger charge is 2.34. The zero-order chi connectivity index (χ0) is 14.6. The number of rotatable bonds is 5. The van der Waals surface area contributed by atoms with Crippen LogP contribution in [0, 0.1) is 5.41 Å². The highest BCUT2D eigenvalue weighted by Crippen LogP contribution is 2.29. The zero-order valence-corrected chi connectivity index (χ0v) is 12.5. The Morgan fingerprint density at radius 2 is 2.00 bits per heavy atom. The van der Waals surface area contributed by atoms with E-state index >= 15 is 0 Å². The number of hydrogen-bond donors (Lipinski definition) is 1. The largest absolute Gasteiger partial charge is 0.481 e. The lowest BCUT2D eigenvalue weighted by Gasteiger charge is -2.31. The van der Waals surface area contributed by atoms with Gasteiger partial charge in [0.2, 0.25) is 0 Å². The Bertz CT molecular complexity index is 340. The van der Waals surface area contributed by atoms with Crippen molar-refractivity contribution in [3.63, 3.8) is 0 Å². The number of hydrogen-bond acceptors (Lipinski definition) is 2. The summed E-state index contributed by atoms with van der Waals surface area (Å²) < 4.78 is 0. The van der Waals surface area contributed by atoms with Gasteiger partial charge in [0.05, 0.1) is 0 Å². The second kappa shape index (κ2) is 6.26. The Labute approximate surface area is 115 Å². The van der Waals surface area contributed by atoms with Gasteiger partial charge in [-0.25, -0.2) is 4.79 Å². The third-order valence-electron chi connectivity index (χ3n) is 3.61. The van der Waals surface area contributed by atoms with E-state index in [1.807, 2.05) is 18.7 Å². The smallest absolute Gasteiger partial charge is 0.320 e. The Kier molecular flexibility index (Phi) is 5.20. The molecular formula is C14H26N2O3. The molecule has 5 heteroatoms. The van der Waals surface area contributed by atoms with E-state index in [0.717, 1.165) is 19.5 Å². The molecule has 0 saturated carbocycles. The van der Waals surface area contributed by atoms with E-state index in [-0.39, 0.29) is 23.9 Å². The van der Waals surface area contributed by atoms with Crippen LogP contribution in [0.3, 0.4) is 0 Å². The molecule has 0 aliphatic carbocycles. The lowest BCUT2D eigenvalue weighted by Crippen LogP contribution is -2.46. The number of nitrogens with zero attached hydrogens (tertiary/aromatic N) is 2. The van der Waals surface area contributed by atoms with Crippen LogP contribution in [-0.2, 0) is 4.79 Å². The fourth-order valence-electron chi connectivity index (χ4n) is 2.43. The van der Waals surface area contributed by atoms with Crippen LogP contribution in [0.5, 0.6) is 0 Å². The maximum absolute atomic E-state index is 12.5. The van der Waals surface area contributed by atoms with Crippen LogP contribution in [0.1, 0.15) is 47.0 Å². The Morgan fingerprint density at radius 3 is 2.42 bits per heavy atom. The highest BCUT2D eigenvalue weighted by atomic mass is 16.4. The third-order valence-corrected chi connectivity index (χ3v) is 3.61. The van der Waals surface area contributed by atoms with Gasteiger partial charge in [-0.2, -0.15) is 0 Å². The van der Waals surface area contributed by atoms with Gasteiger partial charge in [-0.05, 0) is 32.1 Å². The maximum atomic E-state index is 12.5. The van der Waals surface area contributed by atoms with Gasteiger partial charge in [-0.15, -0.1) is 0 Å². The molecule has 0 aromatic heterocycles. The summed E-state index contributed by atoms with van der Waals surface area (Å²) in [6, 6.07) is 0.149. The van der Waals surface area contributed by atoms with E-state index in [4.69, 9.17) is 5.11 Å². The van der Waals surface area contributed by atoms with Crippen LogP contribution in [0.4, 0.5) is 4.79 Å².